The summed E-state index contributed by atoms with van der Waals surface area (Å²) in [5.74, 6) is 0. The Balaban J connectivity index is 2.47. The summed E-state index contributed by atoms with van der Waals surface area (Å²) in [7, 11) is 0. The molecular weight excluding hydrogens is 467 g/mol. The molecule has 1 aliphatic carbocycles. The van der Waals surface area contributed by atoms with Gasteiger partial charge in [0.1, 0.15) is 0 Å². The average molecular weight is 517 g/mol. The van der Waals surface area contributed by atoms with Crippen LogP contribution in [0.15, 0.2) is 22.3 Å². The third kappa shape index (κ3) is 6.39. The summed E-state index contributed by atoms with van der Waals surface area (Å²) < 4.78 is 7.60. The summed E-state index contributed by atoms with van der Waals surface area (Å²) >= 11 is -2.26. The van der Waals surface area contributed by atoms with Gasteiger partial charge < -0.3 is 0 Å². The van der Waals surface area contributed by atoms with Crippen LogP contribution in [-0.2, 0) is 10.8 Å². The normalized spacial score (nSPS) is 18.3. The van der Waals surface area contributed by atoms with Crippen LogP contribution in [-0.4, -0.2) is 18.4 Å². The van der Waals surface area contributed by atoms with E-state index in [0.29, 0.717) is 10.8 Å². The van der Waals surface area contributed by atoms with E-state index in [1.807, 2.05) is 0 Å². The van der Waals surface area contributed by atoms with Crippen LogP contribution in [0.5, 0.6) is 0 Å². The first-order valence-corrected chi connectivity index (χ1v) is 20.7. The standard InChI is InChI=1S/C17H23.3C4H9.Sn/c1-12(2)13-7-8-14-15(11-13)17(5,6)10-9-16(14,3)4;3*1-3-4-2;/h1,7-8,11H,9-10H2,2-6H3;3*1,3-4H2,2H3;. The summed E-state index contributed by atoms with van der Waals surface area (Å²) in [5, 5.41) is 0. The number of rotatable bonds is 11. The zero-order valence-corrected chi connectivity index (χ0v) is 24.4. The van der Waals surface area contributed by atoms with Crippen molar-refractivity contribution in [1.29, 1.82) is 0 Å². The molecule has 0 unspecified atom stereocenters. The van der Waals surface area contributed by atoms with Crippen LogP contribution in [0.4, 0.5) is 0 Å². The summed E-state index contributed by atoms with van der Waals surface area (Å²) in [4.78, 5) is 0. The summed E-state index contributed by atoms with van der Waals surface area (Å²) in [5.41, 5.74) is 6.91. The van der Waals surface area contributed by atoms with E-state index in [1.165, 1.54) is 56.9 Å². The van der Waals surface area contributed by atoms with E-state index in [-0.39, 0.29) is 0 Å². The van der Waals surface area contributed by atoms with Gasteiger partial charge in [0.05, 0.1) is 0 Å². The zero-order chi connectivity index (χ0) is 22.4. The van der Waals surface area contributed by atoms with Gasteiger partial charge in [-0.25, -0.2) is 0 Å². The van der Waals surface area contributed by atoms with Crippen LogP contribution in [0.1, 0.15) is 123 Å². The summed E-state index contributed by atoms with van der Waals surface area (Å²) in [6.45, 7) is 19.3. The molecule has 1 aromatic carbocycles. The van der Waals surface area contributed by atoms with Crippen molar-refractivity contribution in [3.63, 3.8) is 0 Å². The number of allylic oxidation sites excluding steroid dienone is 1. The van der Waals surface area contributed by atoms with Gasteiger partial charge in [-0.2, -0.15) is 0 Å². The monoisotopic (exact) mass is 518 g/mol. The first-order valence-electron chi connectivity index (χ1n) is 13.0. The Bertz CT molecular complexity index is 685. The molecule has 0 spiro atoms. The predicted octanol–water partition coefficient (Wildman–Crippen LogP) is 9.83. The van der Waals surface area contributed by atoms with Crippen molar-refractivity contribution in [3.8, 4) is 0 Å². The van der Waals surface area contributed by atoms with Crippen molar-refractivity contribution in [2.45, 2.75) is 131 Å². The molecule has 30 heavy (non-hydrogen) atoms. The van der Waals surface area contributed by atoms with Crippen molar-refractivity contribution < 1.29 is 0 Å². The number of benzene rings is 1. The summed E-state index contributed by atoms with van der Waals surface area (Å²) in [6.07, 6.45) is 11.0. The third-order valence-corrected chi connectivity index (χ3v) is 22.5. The topological polar surface area (TPSA) is 0 Å². The minimum atomic E-state index is -2.26. The van der Waals surface area contributed by atoms with E-state index in [2.05, 4.69) is 77.7 Å². The zero-order valence-electron chi connectivity index (χ0n) is 21.6. The van der Waals surface area contributed by atoms with Crippen LogP contribution in [0.3, 0.4) is 0 Å². The molecule has 0 aliphatic heterocycles. The quantitative estimate of drug-likeness (QED) is 0.256. The first kappa shape index (κ1) is 26.0. The fraction of sp³-hybridized carbons (Fsp3) is 0.724. The molecule has 2 rings (SSSR count). The van der Waals surface area contributed by atoms with Gasteiger partial charge in [0, 0.05) is 0 Å². The number of hydrogen-bond donors (Lipinski definition) is 0. The number of unbranched alkanes of at least 4 members (excludes halogenated alkanes) is 3. The molecule has 0 saturated carbocycles. The Morgan fingerprint density at radius 3 is 1.73 bits per heavy atom. The second kappa shape index (κ2) is 11.1. The molecule has 1 aromatic rings. The molecule has 1 aliphatic rings. The maximum absolute atomic E-state index is 2.92. The van der Waals surface area contributed by atoms with Gasteiger partial charge in [-0.05, 0) is 0 Å². The van der Waals surface area contributed by atoms with Crippen LogP contribution in [0, 0.1) is 0 Å². The van der Waals surface area contributed by atoms with E-state index in [1.54, 1.807) is 30.0 Å². The van der Waals surface area contributed by atoms with Gasteiger partial charge in [-0.3, -0.25) is 0 Å². The van der Waals surface area contributed by atoms with Crippen LogP contribution in [0.2, 0.25) is 13.3 Å². The van der Waals surface area contributed by atoms with E-state index in [9.17, 15) is 0 Å². The van der Waals surface area contributed by atoms with Gasteiger partial charge in [-0.15, -0.1) is 0 Å². The Morgan fingerprint density at radius 2 is 1.27 bits per heavy atom. The van der Waals surface area contributed by atoms with Crippen molar-refractivity contribution in [2.75, 3.05) is 0 Å². The molecule has 0 aromatic heterocycles. The first-order chi connectivity index (χ1) is 14.1. The fourth-order valence-electron chi connectivity index (χ4n) is 5.55. The molecule has 0 bridgehead atoms. The van der Waals surface area contributed by atoms with Crippen molar-refractivity contribution >= 4 is 24.0 Å². The Hall–Kier alpha value is -0.241. The molecule has 0 saturated heterocycles. The van der Waals surface area contributed by atoms with Crippen molar-refractivity contribution in [1.82, 2.24) is 0 Å². The van der Waals surface area contributed by atoms with Gasteiger partial charge in [0.2, 0.25) is 0 Å². The van der Waals surface area contributed by atoms with E-state index < -0.39 is 18.4 Å². The Morgan fingerprint density at radius 1 is 0.800 bits per heavy atom. The van der Waals surface area contributed by atoms with Crippen molar-refractivity contribution in [2.24, 2.45) is 0 Å². The SMILES string of the molecule is CCC[CH2][Sn]([CH]=C(C)c1ccc2c(c1)C(C)(C)CCC2(C)C)([CH2]CCC)[CH2]CCC. The van der Waals surface area contributed by atoms with Crippen LogP contribution >= 0.6 is 0 Å². The molecule has 0 atom stereocenters. The number of fused-ring (bicyclic) bond motifs is 1. The molecule has 0 nitrogen and oxygen atoms in total. The van der Waals surface area contributed by atoms with Crippen LogP contribution in [0.25, 0.3) is 5.57 Å². The van der Waals surface area contributed by atoms with Gasteiger partial charge >= 0.3 is 194 Å². The predicted molar refractivity (Wildman–Crippen MR) is 140 cm³/mol. The van der Waals surface area contributed by atoms with Gasteiger partial charge in [0.15, 0.2) is 0 Å². The Kier molecular flexibility index (Phi) is 9.59. The second-order valence-electron chi connectivity index (χ2n) is 11.5. The fourth-order valence-corrected chi connectivity index (χ4v) is 21.1. The molecule has 0 fully saturated rings. The Labute approximate surface area is 193 Å². The van der Waals surface area contributed by atoms with Crippen molar-refractivity contribution in [3.05, 3.63) is 39.0 Å². The van der Waals surface area contributed by atoms with E-state index in [4.69, 9.17) is 0 Å². The molecule has 0 heterocycles. The second-order valence-corrected chi connectivity index (χ2v) is 24.4. The van der Waals surface area contributed by atoms with E-state index in [0.717, 1.165) is 0 Å². The van der Waals surface area contributed by atoms with Gasteiger partial charge in [-0.1, -0.05) is 0 Å². The molecular formula is C29H50Sn. The minimum absolute atomic E-state index is 0.300. The van der Waals surface area contributed by atoms with Gasteiger partial charge in [0.25, 0.3) is 0 Å². The average Bonchev–Trinajstić information content (AvgIpc) is 2.72. The third-order valence-electron chi connectivity index (χ3n) is 7.92. The van der Waals surface area contributed by atoms with Crippen LogP contribution < -0.4 is 0 Å². The number of hydrogen-bond acceptors (Lipinski definition) is 0. The van der Waals surface area contributed by atoms with E-state index >= 15 is 0 Å². The molecule has 0 amide bonds. The summed E-state index contributed by atoms with van der Waals surface area (Å²) in [6, 6.07) is 7.51. The molecule has 0 N–H and O–H groups in total. The molecule has 170 valence electrons. The maximum atomic E-state index is 2.92. The molecule has 0 radical (unpaired) electrons. The molecule has 1 heteroatoms.